The first kappa shape index (κ1) is 10.4. The van der Waals surface area contributed by atoms with Crippen molar-refractivity contribution in [2.75, 3.05) is 0 Å². The first-order valence-electron chi connectivity index (χ1n) is 5.84. The molecule has 15 heavy (non-hydrogen) atoms. The molecule has 0 bridgehead atoms. The van der Waals surface area contributed by atoms with Crippen LogP contribution in [0.1, 0.15) is 44.1 Å². The van der Waals surface area contributed by atoms with Gasteiger partial charge >= 0.3 is 0 Å². The Morgan fingerprint density at radius 2 is 1.80 bits per heavy atom. The van der Waals surface area contributed by atoms with Crippen LogP contribution in [0.2, 0.25) is 0 Å². The van der Waals surface area contributed by atoms with Crippen molar-refractivity contribution < 1.29 is 4.79 Å². The van der Waals surface area contributed by atoms with Crippen LogP contribution < -0.4 is 0 Å². The monoisotopic (exact) mass is 202 g/mol. The molecule has 80 valence electrons. The minimum Gasteiger partial charge on any atom is -0.299 e. The van der Waals surface area contributed by atoms with Crippen LogP contribution in [-0.2, 0) is 4.79 Å². The number of carbonyl (C=O) groups is 1. The van der Waals surface area contributed by atoms with Crippen molar-refractivity contribution in [3.63, 3.8) is 0 Å². The average molecular weight is 202 g/mol. The van der Waals surface area contributed by atoms with E-state index in [2.05, 4.69) is 12.1 Å². The van der Waals surface area contributed by atoms with Gasteiger partial charge in [-0.25, -0.2) is 0 Å². The van der Waals surface area contributed by atoms with Gasteiger partial charge in [-0.15, -0.1) is 0 Å². The summed E-state index contributed by atoms with van der Waals surface area (Å²) < 4.78 is 0. The lowest BCUT2D eigenvalue weighted by molar-refractivity contribution is -0.119. The summed E-state index contributed by atoms with van der Waals surface area (Å²) >= 11 is 0. The molecule has 1 fully saturated rings. The molecule has 1 aromatic carbocycles. The lowest BCUT2D eigenvalue weighted by Gasteiger charge is -2.20. The molecular formula is C14H18O. The lowest BCUT2D eigenvalue weighted by Crippen LogP contribution is -2.17. The van der Waals surface area contributed by atoms with Crippen LogP contribution in [0, 0.1) is 5.92 Å². The Balaban J connectivity index is 2.23. The summed E-state index contributed by atoms with van der Waals surface area (Å²) in [7, 11) is 0. The minimum absolute atomic E-state index is 0.147. The Hall–Kier alpha value is -1.11. The maximum Gasteiger partial charge on any atom is 0.137 e. The van der Waals surface area contributed by atoms with Gasteiger partial charge in [-0.3, -0.25) is 4.79 Å². The first-order valence-corrected chi connectivity index (χ1v) is 5.84. The number of rotatable bonds is 3. The molecule has 1 aliphatic carbocycles. The Morgan fingerprint density at radius 3 is 2.33 bits per heavy atom. The predicted octanol–water partition coefficient (Wildman–Crippen LogP) is 3.55. The molecule has 0 aliphatic heterocycles. The molecule has 0 radical (unpaired) electrons. The topological polar surface area (TPSA) is 17.1 Å². The summed E-state index contributed by atoms with van der Waals surface area (Å²) in [4.78, 5) is 11.7. The van der Waals surface area contributed by atoms with E-state index < -0.39 is 0 Å². The number of Topliss-reactive ketones (excluding diaryl/α,β-unsaturated/α-hetero) is 1. The first-order chi connectivity index (χ1) is 7.29. The van der Waals surface area contributed by atoms with E-state index in [-0.39, 0.29) is 5.92 Å². The molecule has 1 saturated carbocycles. The van der Waals surface area contributed by atoms with Gasteiger partial charge in [-0.2, -0.15) is 0 Å². The van der Waals surface area contributed by atoms with E-state index >= 15 is 0 Å². The second kappa shape index (κ2) is 4.61. The zero-order valence-electron chi connectivity index (χ0n) is 9.28. The fourth-order valence-corrected chi connectivity index (χ4v) is 2.79. The molecule has 1 aromatic rings. The minimum atomic E-state index is 0.147. The van der Waals surface area contributed by atoms with E-state index in [1.807, 2.05) is 18.2 Å². The third-order valence-corrected chi connectivity index (χ3v) is 3.47. The SMILES string of the molecule is CC(=O)C(c1ccccc1)C1CCCC1. The predicted molar refractivity (Wildman–Crippen MR) is 61.8 cm³/mol. The highest BCUT2D eigenvalue weighted by Gasteiger charge is 2.29. The van der Waals surface area contributed by atoms with E-state index in [1.54, 1.807) is 6.92 Å². The van der Waals surface area contributed by atoms with Crippen LogP contribution >= 0.6 is 0 Å². The molecule has 1 unspecified atom stereocenters. The van der Waals surface area contributed by atoms with E-state index in [4.69, 9.17) is 0 Å². The fraction of sp³-hybridized carbons (Fsp3) is 0.500. The quantitative estimate of drug-likeness (QED) is 0.732. The molecule has 1 aliphatic rings. The van der Waals surface area contributed by atoms with Gasteiger partial charge in [0.1, 0.15) is 5.78 Å². The Bertz CT molecular complexity index is 322. The molecule has 0 saturated heterocycles. The van der Waals surface area contributed by atoms with Crippen LogP contribution in [0.4, 0.5) is 0 Å². The van der Waals surface area contributed by atoms with Crippen LogP contribution in [-0.4, -0.2) is 5.78 Å². The standard InChI is InChI=1S/C14H18O/c1-11(15)14(13-9-5-6-10-13)12-7-3-2-4-8-12/h2-4,7-8,13-14H,5-6,9-10H2,1H3. The van der Waals surface area contributed by atoms with Gasteiger partial charge in [0.15, 0.2) is 0 Å². The number of benzene rings is 1. The molecule has 1 atom stereocenters. The smallest absolute Gasteiger partial charge is 0.137 e. The summed E-state index contributed by atoms with van der Waals surface area (Å²) in [5.41, 5.74) is 1.21. The highest BCUT2D eigenvalue weighted by Crippen LogP contribution is 2.37. The summed E-state index contributed by atoms with van der Waals surface area (Å²) in [6, 6.07) is 10.2. The zero-order valence-corrected chi connectivity index (χ0v) is 9.28. The van der Waals surface area contributed by atoms with Crippen molar-refractivity contribution in [3.05, 3.63) is 35.9 Å². The molecule has 0 heterocycles. The second-order valence-electron chi connectivity index (χ2n) is 4.54. The maximum atomic E-state index is 11.7. The molecule has 1 heteroatoms. The third kappa shape index (κ3) is 2.28. The largest absolute Gasteiger partial charge is 0.299 e. The number of ketones is 1. The van der Waals surface area contributed by atoms with Crippen LogP contribution in [0.15, 0.2) is 30.3 Å². The molecule has 0 N–H and O–H groups in total. The summed E-state index contributed by atoms with van der Waals surface area (Å²) in [6.07, 6.45) is 5.03. The molecule has 0 aromatic heterocycles. The number of hydrogen-bond acceptors (Lipinski definition) is 1. The highest BCUT2D eigenvalue weighted by molar-refractivity contribution is 5.83. The fourth-order valence-electron chi connectivity index (χ4n) is 2.79. The summed E-state index contributed by atoms with van der Waals surface area (Å²) in [6.45, 7) is 1.73. The molecule has 0 spiro atoms. The van der Waals surface area contributed by atoms with Crippen LogP contribution in [0.3, 0.4) is 0 Å². The van der Waals surface area contributed by atoms with Gasteiger partial charge < -0.3 is 0 Å². The normalized spacial score (nSPS) is 19.0. The zero-order chi connectivity index (χ0) is 10.7. The van der Waals surface area contributed by atoms with Crippen molar-refractivity contribution in [1.82, 2.24) is 0 Å². The van der Waals surface area contributed by atoms with E-state index in [0.717, 1.165) is 0 Å². The lowest BCUT2D eigenvalue weighted by atomic mass is 9.82. The van der Waals surface area contributed by atoms with E-state index in [1.165, 1.54) is 31.2 Å². The van der Waals surface area contributed by atoms with Gasteiger partial charge in [0, 0.05) is 5.92 Å². The van der Waals surface area contributed by atoms with Gasteiger partial charge in [0.25, 0.3) is 0 Å². The van der Waals surface area contributed by atoms with E-state index in [9.17, 15) is 4.79 Å². The highest BCUT2D eigenvalue weighted by atomic mass is 16.1. The third-order valence-electron chi connectivity index (χ3n) is 3.47. The number of carbonyl (C=O) groups excluding carboxylic acids is 1. The van der Waals surface area contributed by atoms with Gasteiger partial charge in [0.2, 0.25) is 0 Å². The molecule has 2 rings (SSSR count). The Kier molecular flexibility index (Phi) is 3.20. The maximum absolute atomic E-state index is 11.7. The summed E-state index contributed by atoms with van der Waals surface area (Å²) in [5.74, 6) is 1.06. The molecular weight excluding hydrogens is 184 g/mol. The van der Waals surface area contributed by atoms with Gasteiger partial charge in [-0.1, -0.05) is 43.2 Å². The van der Waals surface area contributed by atoms with Gasteiger partial charge in [-0.05, 0) is 31.2 Å². The number of hydrogen-bond donors (Lipinski definition) is 0. The second-order valence-corrected chi connectivity index (χ2v) is 4.54. The summed E-state index contributed by atoms with van der Waals surface area (Å²) in [5, 5.41) is 0. The van der Waals surface area contributed by atoms with Gasteiger partial charge in [0.05, 0.1) is 0 Å². The van der Waals surface area contributed by atoms with Crippen LogP contribution in [0.25, 0.3) is 0 Å². The van der Waals surface area contributed by atoms with Crippen molar-refractivity contribution in [1.29, 1.82) is 0 Å². The Labute approximate surface area is 91.5 Å². The average Bonchev–Trinajstić information content (AvgIpc) is 2.72. The van der Waals surface area contributed by atoms with Crippen molar-refractivity contribution >= 4 is 5.78 Å². The van der Waals surface area contributed by atoms with Crippen molar-refractivity contribution in [2.24, 2.45) is 5.92 Å². The molecule has 0 amide bonds. The van der Waals surface area contributed by atoms with Crippen molar-refractivity contribution in [2.45, 2.75) is 38.5 Å². The van der Waals surface area contributed by atoms with Crippen molar-refractivity contribution in [3.8, 4) is 0 Å². The molecule has 1 nitrogen and oxygen atoms in total. The Morgan fingerprint density at radius 1 is 1.20 bits per heavy atom. The van der Waals surface area contributed by atoms with E-state index in [0.29, 0.717) is 11.7 Å². The van der Waals surface area contributed by atoms with Crippen LogP contribution in [0.5, 0.6) is 0 Å².